The van der Waals surface area contributed by atoms with E-state index < -0.39 is 0 Å². The van der Waals surface area contributed by atoms with Gasteiger partial charge in [0.15, 0.2) is 5.16 Å². The molecule has 0 amide bonds. The molecule has 1 rings (SSSR count). The number of nitrogens with zero attached hydrogens (tertiary/aromatic N) is 2. The van der Waals surface area contributed by atoms with Gasteiger partial charge in [-0.15, -0.1) is 0 Å². The fraction of sp³-hybridized carbons (Fsp3) is 0.556. The van der Waals surface area contributed by atoms with E-state index in [2.05, 4.69) is 23.8 Å². The second kappa shape index (κ2) is 4.07. The van der Waals surface area contributed by atoms with Gasteiger partial charge in [0.2, 0.25) is 0 Å². The number of aryl methyl sites for hydroxylation is 1. The Bertz CT molecular complexity index is 286. The lowest BCUT2D eigenvalue weighted by Crippen LogP contribution is -2.26. The molecular formula is C9H15N3S. The minimum atomic E-state index is 0.00773. The number of nitrogens with two attached hydrogens (primary N) is 1. The van der Waals surface area contributed by atoms with Crippen LogP contribution < -0.4 is 5.73 Å². The van der Waals surface area contributed by atoms with Crippen LogP contribution in [0.25, 0.3) is 0 Å². The van der Waals surface area contributed by atoms with E-state index in [1.807, 2.05) is 13.0 Å². The molecule has 0 bridgehead atoms. The van der Waals surface area contributed by atoms with Crippen molar-refractivity contribution in [3.63, 3.8) is 0 Å². The summed E-state index contributed by atoms with van der Waals surface area (Å²) >= 11 is 1.61. The molecule has 0 aromatic carbocycles. The summed E-state index contributed by atoms with van der Waals surface area (Å²) in [4.78, 5) is 8.47. The van der Waals surface area contributed by atoms with Crippen molar-refractivity contribution in [1.29, 1.82) is 0 Å². The van der Waals surface area contributed by atoms with E-state index in [4.69, 9.17) is 5.73 Å². The molecule has 1 aromatic heterocycles. The van der Waals surface area contributed by atoms with Crippen molar-refractivity contribution >= 4 is 11.8 Å². The summed E-state index contributed by atoms with van der Waals surface area (Å²) < 4.78 is 0.00773. The van der Waals surface area contributed by atoms with E-state index in [-0.39, 0.29) is 4.75 Å². The predicted octanol–water partition coefficient (Wildman–Crippen LogP) is 1.61. The highest BCUT2D eigenvalue weighted by molar-refractivity contribution is 8.00. The lowest BCUT2D eigenvalue weighted by molar-refractivity contribution is 0.716. The first-order chi connectivity index (χ1) is 6.03. The maximum atomic E-state index is 5.62. The van der Waals surface area contributed by atoms with Crippen LogP contribution in [-0.4, -0.2) is 21.3 Å². The summed E-state index contributed by atoms with van der Waals surface area (Å²) in [5.41, 5.74) is 6.61. The lowest BCUT2D eigenvalue weighted by atomic mass is 10.2. The van der Waals surface area contributed by atoms with E-state index in [1.165, 1.54) is 0 Å². The normalized spacial score (nSPS) is 11.7. The van der Waals surface area contributed by atoms with Gasteiger partial charge in [0.1, 0.15) is 0 Å². The molecule has 13 heavy (non-hydrogen) atoms. The van der Waals surface area contributed by atoms with Gasteiger partial charge in [-0.3, -0.25) is 0 Å². The third-order valence-electron chi connectivity index (χ3n) is 1.63. The first-order valence-electron chi connectivity index (χ1n) is 4.22. The Morgan fingerprint density at radius 3 is 2.77 bits per heavy atom. The fourth-order valence-electron chi connectivity index (χ4n) is 0.764. The Balaban J connectivity index is 2.74. The van der Waals surface area contributed by atoms with Crippen LogP contribution in [0.3, 0.4) is 0 Å². The van der Waals surface area contributed by atoms with Gasteiger partial charge in [-0.05, 0) is 26.8 Å². The average Bonchev–Trinajstić information content (AvgIpc) is 2.03. The summed E-state index contributed by atoms with van der Waals surface area (Å²) in [6.07, 6.45) is 1.78. The van der Waals surface area contributed by atoms with Crippen molar-refractivity contribution < 1.29 is 0 Å². The number of hydrogen-bond acceptors (Lipinski definition) is 4. The fourth-order valence-corrected chi connectivity index (χ4v) is 1.64. The average molecular weight is 197 g/mol. The second-order valence-corrected chi connectivity index (χ2v) is 5.22. The van der Waals surface area contributed by atoms with Gasteiger partial charge in [-0.25, -0.2) is 9.97 Å². The molecule has 0 unspecified atom stereocenters. The number of hydrogen-bond donors (Lipinski definition) is 1. The third kappa shape index (κ3) is 3.32. The van der Waals surface area contributed by atoms with E-state index in [0.29, 0.717) is 6.54 Å². The molecule has 0 spiro atoms. The molecule has 1 heterocycles. The SMILES string of the molecule is Cc1ccnc(SC(C)(C)CN)n1. The van der Waals surface area contributed by atoms with Crippen molar-refractivity contribution in [2.24, 2.45) is 5.73 Å². The van der Waals surface area contributed by atoms with Gasteiger partial charge in [0.05, 0.1) is 0 Å². The molecule has 3 nitrogen and oxygen atoms in total. The number of rotatable bonds is 3. The van der Waals surface area contributed by atoms with Crippen molar-refractivity contribution in [1.82, 2.24) is 9.97 Å². The van der Waals surface area contributed by atoms with Gasteiger partial charge in [-0.1, -0.05) is 11.8 Å². The van der Waals surface area contributed by atoms with Crippen LogP contribution in [0.15, 0.2) is 17.4 Å². The molecule has 2 N–H and O–H groups in total. The highest BCUT2D eigenvalue weighted by atomic mass is 32.2. The molecule has 0 atom stereocenters. The largest absolute Gasteiger partial charge is 0.329 e. The maximum Gasteiger partial charge on any atom is 0.188 e. The smallest absolute Gasteiger partial charge is 0.188 e. The summed E-state index contributed by atoms with van der Waals surface area (Å²) in [6, 6.07) is 1.89. The number of thioether (sulfide) groups is 1. The molecule has 4 heteroatoms. The first-order valence-corrected chi connectivity index (χ1v) is 5.04. The van der Waals surface area contributed by atoms with E-state index >= 15 is 0 Å². The zero-order valence-corrected chi connectivity index (χ0v) is 9.06. The maximum absolute atomic E-state index is 5.62. The van der Waals surface area contributed by atoms with Crippen LogP contribution in [0, 0.1) is 6.92 Å². The zero-order valence-electron chi connectivity index (χ0n) is 8.24. The molecule has 1 aromatic rings. The molecule has 0 radical (unpaired) electrons. The minimum Gasteiger partial charge on any atom is -0.329 e. The standard InChI is InChI=1S/C9H15N3S/c1-7-4-5-11-8(12-7)13-9(2,3)6-10/h4-5H,6,10H2,1-3H3. The zero-order chi connectivity index (χ0) is 9.90. The molecule has 0 fully saturated rings. The Morgan fingerprint density at radius 2 is 2.23 bits per heavy atom. The summed E-state index contributed by atoms with van der Waals surface area (Å²) in [5.74, 6) is 0. The molecule has 0 saturated carbocycles. The third-order valence-corrected chi connectivity index (χ3v) is 2.73. The summed E-state index contributed by atoms with van der Waals surface area (Å²) in [5, 5.41) is 0.801. The van der Waals surface area contributed by atoms with Crippen molar-refractivity contribution in [2.75, 3.05) is 6.54 Å². The van der Waals surface area contributed by atoms with Crippen LogP contribution in [0.2, 0.25) is 0 Å². The predicted molar refractivity (Wildman–Crippen MR) is 55.8 cm³/mol. The van der Waals surface area contributed by atoms with Crippen LogP contribution in [-0.2, 0) is 0 Å². The Kier molecular flexibility index (Phi) is 3.27. The van der Waals surface area contributed by atoms with Crippen LogP contribution in [0.5, 0.6) is 0 Å². The van der Waals surface area contributed by atoms with Crippen LogP contribution in [0.1, 0.15) is 19.5 Å². The van der Waals surface area contributed by atoms with Gasteiger partial charge in [0, 0.05) is 23.2 Å². The Hall–Kier alpha value is -0.610. The quantitative estimate of drug-likeness (QED) is 0.591. The summed E-state index contributed by atoms with van der Waals surface area (Å²) in [7, 11) is 0. The Labute approximate surface area is 83.2 Å². The molecule has 0 aliphatic heterocycles. The topological polar surface area (TPSA) is 51.8 Å². The van der Waals surface area contributed by atoms with E-state index in [9.17, 15) is 0 Å². The van der Waals surface area contributed by atoms with Crippen LogP contribution >= 0.6 is 11.8 Å². The van der Waals surface area contributed by atoms with Crippen LogP contribution in [0.4, 0.5) is 0 Å². The lowest BCUT2D eigenvalue weighted by Gasteiger charge is -2.19. The second-order valence-electron chi connectivity index (χ2n) is 3.55. The Morgan fingerprint density at radius 1 is 1.54 bits per heavy atom. The molecule has 0 saturated heterocycles. The number of aromatic nitrogens is 2. The van der Waals surface area contributed by atoms with Crippen molar-refractivity contribution in [3.8, 4) is 0 Å². The highest BCUT2D eigenvalue weighted by Gasteiger charge is 2.18. The van der Waals surface area contributed by atoms with Gasteiger partial charge < -0.3 is 5.73 Å². The molecule has 0 aliphatic rings. The first kappa shape index (κ1) is 10.5. The van der Waals surface area contributed by atoms with Crippen molar-refractivity contribution in [2.45, 2.75) is 30.7 Å². The minimum absolute atomic E-state index is 0.00773. The molecular weight excluding hydrogens is 182 g/mol. The summed E-state index contributed by atoms with van der Waals surface area (Å²) in [6.45, 7) is 6.75. The highest BCUT2D eigenvalue weighted by Crippen LogP contribution is 2.28. The molecule has 72 valence electrons. The van der Waals surface area contributed by atoms with Gasteiger partial charge in [0.25, 0.3) is 0 Å². The van der Waals surface area contributed by atoms with Gasteiger partial charge in [-0.2, -0.15) is 0 Å². The molecule has 0 aliphatic carbocycles. The van der Waals surface area contributed by atoms with Gasteiger partial charge >= 0.3 is 0 Å². The van der Waals surface area contributed by atoms with Crippen molar-refractivity contribution in [3.05, 3.63) is 18.0 Å². The van der Waals surface area contributed by atoms with E-state index in [1.54, 1.807) is 18.0 Å². The van der Waals surface area contributed by atoms with E-state index in [0.717, 1.165) is 10.9 Å². The monoisotopic (exact) mass is 197 g/mol.